The van der Waals surface area contributed by atoms with Crippen molar-refractivity contribution < 1.29 is 9.63 Å². The van der Waals surface area contributed by atoms with Gasteiger partial charge in [0.15, 0.2) is 0 Å². The van der Waals surface area contributed by atoms with Crippen LogP contribution in [-0.4, -0.2) is 39.8 Å². The topological polar surface area (TPSA) is 62.4 Å². The third-order valence-corrected chi connectivity index (χ3v) is 4.90. The highest BCUT2D eigenvalue weighted by molar-refractivity contribution is 6.30. The summed E-state index contributed by atoms with van der Waals surface area (Å²) in [7, 11) is 2.09. The fraction of sp³-hybridized carbons (Fsp3) is 0.529. The molecule has 1 saturated carbocycles. The molecule has 0 spiro atoms. The molecule has 1 fully saturated rings. The van der Waals surface area contributed by atoms with Crippen molar-refractivity contribution in [1.82, 2.24) is 15.0 Å². The third kappa shape index (κ3) is 4.10. The van der Waals surface area contributed by atoms with Crippen LogP contribution < -0.4 is 0 Å². The molecule has 1 aromatic heterocycles. The van der Waals surface area contributed by atoms with Crippen molar-refractivity contribution in [3.8, 4) is 11.4 Å². The summed E-state index contributed by atoms with van der Waals surface area (Å²) < 4.78 is 5.38. The predicted octanol–water partition coefficient (Wildman–Crippen LogP) is 3.37. The Bertz CT molecular complexity index is 621. The van der Waals surface area contributed by atoms with Gasteiger partial charge >= 0.3 is 0 Å². The average molecular weight is 336 g/mol. The van der Waals surface area contributed by atoms with Crippen molar-refractivity contribution in [3.05, 3.63) is 35.2 Å². The van der Waals surface area contributed by atoms with Crippen LogP contribution in [0.4, 0.5) is 0 Å². The van der Waals surface area contributed by atoms with E-state index in [2.05, 4.69) is 22.1 Å². The maximum Gasteiger partial charge on any atom is 0.241 e. The molecule has 1 N–H and O–H groups in total. The second kappa shape index (κ2) is 7.43. The van der Waals surface area contributed by atoms with Gasteiger partial charge in [0.05, 0.1) is 6.54 Å². The molecule has 3 rings (SSSR count). The molecular weight excluding hydrogens is 314 g/mol. The van der Waals surface area contributed by atoms with Gasteiger partial charge in [-0.25, -0.2) is 0 Å². The summed E-state index contributed by atoms with van der Waals surface area (Å²) >= 11 is 5.89. The Morgan fingerprint density at radius 3 is 2.57 bits per heavy atom. The number of aliphatic hydroxyl groups is 1. The predicted molar refractivity (Wildman–Crippen MR) is 89.0 cm³/mol. The molecule has 1 aliphatic carbocycles. The van der Waals surface area contributed by atoms with E-state index in [1.54, 1.807) is 0 Å². The molecule has 1 aromatic carbocycles. The highest BCUT2D eigenvalue weighted by Crippen LogP contribution is 2.27. The number of hydrogen-bond acceptors (Lipinski definition) is 5. The highest BCUT2D eigenvalue weighted by atomic mass is 35.5. The van der Waals surface area contributed by atoms with Crippen molar-refractivity contribution in [1.29, 1.82) is 0 Å². The molecule has 0 radical (unpaired) electrons. The third-order valence-electron chi connectivity index (χ3n) is 4.65. The average Bonchev–Trinajstić information content (AvgIpc) is 3.04. The SMILES string of the molecule is CN(Cc1nc(-c2ccc(Cl)cc2)no1)C1CCC(CO)CC1. The molecule has 2 aromatic rings. The molecule has 1 aliphatic rings. The van der Waals surface area contributed by atoms with E-state index in [0.717, 1.165) is 31.2 Å². The maximum atomic E-state index is 9.22. The second-order valence-electron chi connectivity index (χ2n) is 6.29. The van der Waals surface area contributed by atoms with Crippen molar-refractivity contribution in [2.45, 2.75) is 38.3 Å². The lowest BCUT2D eigenvalue weighted by Crippen LogP contribution is -2.35. The van der Waals surface area contributed by atoms with Crippen LogP contribution in [0.2, 0.25) is 5.02 Å². The van der Waals surface area contributed by atoms with E-state index in [1.807, 2.05) is 24.3 Å². The molecule has 23 heavy (non-hydrogen) atoms. The number of aromatic nitrogens is 2. The van der Waals surface area contributed by atoms with E-state index in [1.165, 1.54) is 0 Å². The highest BCUT2D eigenvalue weighted by Gasteiger charge is 2.24. The molecule has 0 atom stereocenters. The van der Waals surface area contributed by atoms with Gasteiger partial charge in [0.1, 0.15) is 0 Å². The fourth-order valence-electron chi connectivity index (χ4n) is 3.15. The zero-order valence-electron chi connectivity index (χ0n) is 13.3. The van der Waals surface area contributed by atoms with Crippen LogP contribution in [0.25, 0.3) is 11.4 Å². The van der Waals surface area contributed by atoms with E-state index >= 15 is 0 Å². The summed E-state index contributed by atoms with van der Waals surface area (Å²) in [5, 5.41) is 14.0. The van der Waals surface area contributed by atoms with Crippen molar-refractivity contribution in [2.24, 2.45) is 5.92 Å². The summed E-state index contributed by atoms with van der Waals surface area (Å²) in [5.41, 5.74) is 0.899. The Hall–Kier alpha value is -1.43. The van der Waals surface area contributed by atoms with Gasteiger partial charge in [0.2, 0.25) is 11.7 Å². The van der Waals surface area contributed by atoms with Gasteiger partial charge in [-0.3, -0.25) is 4.90 Å². The van der Waals surface area contributed by atoms with Crippen LogP contribution in [0, 0.1) is 5.92 Å². The summed E-state index contributed by atoms with van der Waals surface area (Å²) in [4.78, 5) is 6.74. The minimum atomic E-state index is 0.310. The normalized spacial score (nSPS) is 21.7. The van der Waals surface area contributed by atoms with Crippen molar-refractivity contribution in [2.75, 3.05) is 13.7 Å². The Kier molecular flexibility index (Phi) is 5.30. The number of aliphatic hydroxyl groups excluding tert-OH is 1. The largest absolute Gasteiger partial charge is 0.396 e. The molecule has 6 heteroatoms. The smallest absolute Gasteiger partial charge is 0.241 e. The Balaban J connectivity index is 1.59. The van der Waals surface area contributed by atoms with Crippen LogP contribution in [0.1, 0.15) is 31.6 Å². The first-order valence-electron chi connectivity index (χ1n) is 8.05. The number of halogens is 1. The lowest BCUT2D eigenvalue weighted by Gasteiger charge is -2.33. The summed E-state index contributed by atoms with van der Waals surface area (Å²) in [6.45, 7) is 0.958. The summed E-state index contributed by atoms with van der Waals surface area (Å²) in [6, 6.07) is 7.93. The van der Waals surface area contributed by atoms with E-state index < -0.39 is 0 Å². The Labute approximate surface area is 141 Å². The van der Waals surface area contributed by atoms with Gasteiger partial charge in [0.25, 0.3) is 0 Å². The maximum absolute atomic E-state index is 9.22. The molecule has 0 unspecified atom stereocenters. The van der Waals surface area contributed by atoms with Gasteiger partial charge in [-0.1, -0.05) is 16.8 Å². The van der Waals surface area contributed by atoms with E-state index in [4.69, 9.17) is 16.1 Å². The fourth-order valence-corrected chi connectivity index (χ4v) is 3.27. The summed E-state index contributed by atoms with van der Waals surface area (Å²) in [5.74, 6) is 1.69. The minimum Gasteiger partial charge on any atom is -0.396 e. The Morgan fingerprint density at radius 2 is 1.91 bits per heavy atom. The second-order valence-corrected chi connectivity index (χ2v) is 6.73. The number of rotatable bonds is 5. The lowest BCUT2D eigenvalue weighted by molar-refractivity contribution is 0.116. The van der Waals surface area contributed by atoms with Gasteiger partial charge in [0, 0.05) is 23.2 Å². The molecule has 0 aliphatic heterocycles. The lowest BCUT2D eigenvalue weighted by atomic mass is 9.86. The monoisotopic (exact) mass is 335 g/mol. The van der Waals surface area contributed by atoms with Crippen LogP contribution in [0.15, 0.2) is 28.8 Å². The summed E-state index contributed by atoms with van der Waals surface area (Å²) in [6.07, 6.45) is 4.40. The zero-order valence-corrected chi connectivity index (χ0v) is 14.0. The Morgan fingerprint density at radius 1 is 1.22 bits per heavy atom. The standard InChI is InChI=1S/C17H22ClN3O2/c1-21(15-8-2-12(11-22)3-9-15)10-16-19-17(20-23-16)13-4-6-14(18)7-5-13/h4-7,12,15,22H,2-3,8-11H2,1H3. The van der Waals surface area contributed by atoms with Gasteiger partial charge in [-0.15, -0.1) is 0 Å². The van der Waals surface area contributed by atoms with Crippen LogP contribution in [-0.2, 0) is 6.54 Å². The minimum absolute atomic E-state index is 0.310. The zero-order chi connectivity index (χ0) is 16.2. The van der Waals surface area contributed by atoms with E-state index in [-0.39, 0.29) is 0 Å². The van der Waals surface area contributed by atoms with Gasteiger partial charge in [-0.05, 0) is 62.9 Å². The van der Waals surface area contributed by atoms with Crippen LogP contribution in [0.5, 0.6) is 0 Å². The number of benzene rings is 1. The first kappa shape index (κ1) is 16.4. The van der Waals surface area contributed by atoms with E-state index in [9.17, 15) is 5.11 Å². The van der Waals surface area contributed by atoms with Gasteiger partial charge in [-0.2, -0.15) is 4.98 Å². The van der Waals surface area contributed by atoms with Crippen LogP contribution >= 0.6 is 11.6 Å². The first-order valence-corrected chi connectivity index (χ1v) is 8.43. The van der Waals surface area contributed by atoms with E-state index in [0.29, 0.717) is 41.8 Å². The van der Waals surface area contributed by atoms with Gasteiger partial charge < -0.3 is 9.63 Å². The first-order chi connectivity index (χ1) is 11.2. The number of nitrogens with zero attached hydrogens (tertiary/aromatic N) is 3. The van der Waals surface area contributed by atoms with Crippen LogP contribution in [0.3, 0.4) is 0 Å². The quantitative estimate of drug-likeness (QED) is 0.907. The number of hydrogen-bond donors (Lipinski definition) is 1. The molecule has 0 amide bonds. The molecular formula is C17H22ClN3O2. The molecule has 124 valence electrons. The molecule has 0 saturated heterocycles. The molecule has 5 nitrogen and oxygen atoms in total. The molecule has 0 bridgehead atoms. The molecule has 1 heterocycles. The van der Waals surface area contributed by atoms with Crippen molar-refractivity contribution in [3.63, 3.8) is 0 Å². The van der Waals surface area contributed by atoms with Crippen molar-refractivity contribution >= 4 is 11.6 Å².